The van der Waals surface area contributed by atoms with Crippen molar-refractivity contribution in [3.8, 4) is 5.75 Å². The van der Waals surface area contributed by atoms with Crippen molar-refractivity contribution in [2.24, 2.45) is 4.99 Å². The highest BCUT2D eigenvalue weighted by molar-refractivity contribution is 5.93. The molecule has 1 aliphatic rings. The molecule has 0 aromatic heterocycles. The number of benzene rings is 1. The van der Waals surface area contributed by atoms with Gasteiger partial charge in [-0.3, -0.25) is 9.89 Å². The zero-order chi connectivity index (χ0) is 19.5. The highest BCUT2D eigenvalue weighted by Crippen LogP contribution is 2.17. The standard InChI is InChI=1S/C20H35N5O2/c1-5-21-20(22-15-18-16-24(2)10-11-25(18)3)23-17-8-6-9-19(14-17)27-13-7-12-26-4/h6,8-9,14,18H,5,7,10-13,15-16H2,1-4H3,(H2,21,22,23). The van der Waals surface area contributed by atoms with Crippen LogP contribution >= 0.6 is 0 Å². The van der Waals surface area contributed by atoms with Gasteiger partial charge in [-0.25, -0.2) is 0 Å². The Labute approximate surface area is 163 Å². The van der Waals surface area contributed by atoms with E-state index in [-0.39, 0.29) is 0 Å². The monoisotopic (exact) mass is 377 g/mol. The van der Waals surface area contributed by atoms with Gasteiger partial charge in [0.1, 0.15) is 5.75 Å². The Morgan fingerprint density at radius 3 is 2.89 bits per heavy atom. The molecule has 0 amide bonds. The Hall–Kier alpha value is -1.83. The highest BCUT2D eigenvalue weighted by Gasteiger charge is 2.21. The van der Waals surface area contributed by atoms with Gasteiger partial charge < -0.3 is 25.0 Å². The average molecular weight is 378 g/mol. The number of hydrogen-bond acceptors (Lipinski definition) is 5. The van der Waals surface area contributed by atoms with E-state index in [1.165, 1.54) is 0 Å². The van der Waals surface area contributed by atoms with Crippen LogP contribution < -0.4 is 15.4 Å². The summed E-state index contributed by atoms with van der Waals surface area (Å²) in [5, 5.41) is 6.72. The number of nitrogens with one attached hydrogen (secondary N) is 2. The summed E-state index contributed by atoms with van der Waals surface area (Å²) in [4.78, 5) is 9.56. The van der Waals surface area contributed by atoms with Crippen molar-refractivity contribution >= 4 is 11.6 Å². The number of anilines is 1. The normalized spacial score (nSPS) is 19.1. The third-order valence-corrected chi connectivity index (χ3v) is 4.64. The van der Waals surface area contributed by atoms with Crippen LogP contribution in [0.3, 0.4) is 0 Å². The maximum Gasteiger partial charge on any atom is 0.195 e. The summed E-state index contributed by atoms with van der Waals surface area (Å²) in [7, 11) is 6.05. The maximum atomic E-state index is 5.78. The second-order valence-electron chi connectivity index (χ2n) is 6.96. The fraction of sp³-hybridized carbons (Fsp3) is 0.650. The van der Waals surface area contributed by atoms with Gasteiger partial charge in [0.15, 0.2) is 5.96 Å². The van der Waals surface area contributed by atoms with Gasteiger partial charge in [0.05, 0.1) is 13.2 Å². The van der Waals surface area contributed by atoms with E-state index >= 15 is 0 Å². The van der Waals surface area contributed by atoms with Gasteiger partial charge in [0.2, 0.25) is 0 Å². The molecular weight excluding hydrogens is 342 g/mol. The maximum absolute atomic E-state index is 5.78. The predicted molar refractivity (Wildman–Crippen MR) is 112 cm³/mol. The lowest BCUT2D eigenvalue weighted by molar-refractivity contribution is 0.119. The molecule has 1 saturated heterocycles. The first-order chi connectivity index (χ1) is 13.1. The number of methoxy groups -OCH3 is 1. The second-order valence-corrected chi connectivity index (χ2v) is 6.96. The van der Waals surface area contributed by atoms with Crippen LogP contribution in [0, 0.1) is 0 Å². The van der Waals surface area contributed by atoms with Crippen LogP contribution in [0.1, 0.15) is 13.3 Å². The Morgan fingerprint density at radius 1 is 1.26 bits per heavy atom. The lowest BCUT2D eigenvalue weighted by Gasteiger charge is -2.36. The lowest BCUT2D eigenvalue weighted by Crippen LogP contribution is -2.51. The van der Waals surface area contributed by atoms with Crippen LogP contribution in [-0.4, -0.2) is 88.9 Å². The molecule has 1 atom stereocenters. The van der Waals surface area contributed by atoms with Gasteiger partial charge in [-0.05, 0) is 33.2 Å². The van der Waals surface area contributed by atoms with E-state index in [2.05, 4.69) is 41.5 Å². The van der Waals surface area contributed by atoms with E-state index in [1.54, 1.807) is 7.11 Å². The molecule has 2 rings (SSSR count). The van der Waals surface area contributed by atoms with Crippen LogP contribution in [0.15, 0.2) is 29.3 Å². The predicted octanol–water partition coefficient (Wildman–Crippen LogP) is 1.73. The van der Waals surface area contributed by atoms with Crippen molar-refractivity contribution in [2.75, 3.05) is 72.5 Å². The van der Waals surface area contributed by atoms with E-state index in [0.29, 0.717) is 19.3 Å². The molecule has 0 aliphatic carbocycles. The van der Waals surface area contributed by atoms with Gasteiger partial charge >= 0.3 is 0 Å². The average Bonchev–Trinajstić information content (AvgIpc) is 2.66. The molecule has 0 bridgehead atoms. The quantitative estimate of drug-likeness (QED) is 0.388. The first kappa shape index (κ1) is 21.5. The summed E-state index contributed by atoms with van der Waals surface area (Å²) in [6.07, 6.45) is 0.877. The molecule has 1 aromatic carbocycles. The van der Waals surface area contributed by atoms with E-state index in [4.69, 9.17) is 14.5 Å². The molecule has 1 aliphatic heterocycles. The minimum atomic E-state index is 0.439. The van der Waals surface area contributed by atoms with Crippen molar-refractivity contribution in [3.63, 3.8) is 0 Å². The Morgan fingerprint density at radius 2 is 2.11 bits per heavy atom. The molecule has 7 nitrogen and oxygen atoms in total. The molecule has 0 radical (unpaired) electrons. The first-order valence-electron chi connectivity index (χ1n) is 9.78. The van der Waals surface area contributed by atoms with Crippen LogP contribution in [0.2, 0.25) is 0 Å². The molecule has 2 N–H and O–H groups in total. The Kier molecular flexibility index (Phi) is 9.38. The summed E-state index contributed by atoms with van der Waals surface area (Å²) in [5.74, 6) is 1.65. The second kappa shape index (κ2) is 11.8. The summed E-state index contributed by atoms with van der Waals surface area (Å²) in [6, 6.07) is 8.42. The number of piperazine rings is 1. The number of nitrogens with zero attached hydrogens (tertiary/aromatic N) is 3. The third-order valence-electron chi connectivity index (χ3n) is 4.64. The summed E-state index contributed by atoms with van der Waals surface area (Å²) < 4.78 is 10.8. The van der Waals surface area contributed by atoms with Crippen LogP contribution in [-0.2, 0) is 4.74 Å². The number of likely N-dealkylation sites (N-methyl/N-ethyl adjacent to an activating group) is 2. The zero-order valence-electron chi connectivity index (χ0n) is 17.2. The van der Waals surface area contributed by atoms with Crippen molar-refractivity contribution in [2.45, 2.75) is 19.4 Å². The van der Waals surface area contributed by atoms with E-state index in [0.717, 1.165) is 56.5 Å². The number of ether oxygens (including phenoxy) is 2. The number of hydrogen-bond donors (Lipinski definition) is 2. The lowest BCUT2D eigenvalue weighted by atomic mass is 10.2. The third kappa shape index (κ3) is 7.74. The molecular formula is C20H35N5O2. The minimum Gasteiger partial charge on any atom is -0.493 e. The molecule has 1 unspecified atom stereocenters. The minimum absolute atomic E-state index is 0.439. The molecule has 152 valence electrons. The van der Waals surface area contributed by atoms with Crippen LogP contribution in [0.25, 0.3) is 0 Å². The molecule has 1 heterocycles. The molecule has 1 aromatic rings. The molecule has 0 spiro atoms. The molecule has 27 heavy (non-hydrogen) atoms. The van der Waals surface area contributed by atoms with Gasteiger partial charge in [0.25, 0.3) is 0 Å². The van der Waals surface area contributed by atoms with E-state index < -0.39 is 0 Å². The van der Waals surface area contributed by atoms with Crippen LogP contribution in [0.4, 0.5) is 5.69 Å². The fourth-order valence-corrected chi connectivity index (χ4v) is 3.00. The SMILES string of the molecule is CCNC(=NCC1CN(C)CCN1C)Nc1cccc(OCCCOC)c1. The fourth-order valence-electron chi connectivity index (χ4n) is 3.00. The molecule has 7 heteroatoms. The first-order valence-corrected chi connectivity index (χ1v) is 9.78. The number of rotatable bonds is 9. The largest absolute Gasteiger partial charge is 0.493 e. The van der Waals surface area contributed by atoms with Gasteiger partial charge in [0, 0.05) is 64.1 Å². The summed E-state index contributed by atoms with van der Waals surface area (Å²) in [6.45, 7) is 8.27. The zero-order valence-corrected chi connectivity index (χ0v) is 17.2. The Bertz CT molecular complexity index is 581. The van der Waals surface area contributed by atoms with Crippen LogP contribution in [0.5, 0.6) is 5.75 Å². The topological polar surface area (TPSA) is 61.4 Å². The van der Waals surface area contributed by atoms with Gasteiger partial charge in [-0.1, -0.05) is 6.07 Å². The number of aliphatic imine (C=N–C) groups is 1. The Balaban J connectivity index is 1.94. The molecule has 0 saturated carbocycles. The number of guanidine groups is 1. The van der Waals surface area contributed by atoms with Gasteiger partial charge in [-0.2, -0.15) is 0 Å². The van der Waals surface area contributed by atoms with Crippen molar-refractivity contribution in [1.82, 2.24) is 15.1 Å². The van der Waals surface area contributed by atoms with Crippen molar-refractivity contribution in [1.29, 1.82) is 0 Å². The van der Waals surface area contributed by atoms with Crippen molar-refractivity contribution < 1.29 is 9.47 Å². The molecule has 1 fully saturated rings. The highest BCUT2D eigenvalue weighted by atomic mass is 16.5. The van der Waals surface area contributed by atoms with Crippen molar-refractivity contribution in [3.05, 3.63) is 24.3 Å². The van der Waals surface area contributed by atoms with E-state index in [9.17, 15) is 0 Å². The van der Waals surface area contributed by atoms with Gasteiger partial charge in [-0.15, -0.1) is 0 Å². The summed E-state index contributed by atoms with van der Waals surface area (Å²) >= 11 is 0. The smallest absolute Gasteiger partial charge is 0.195 e. The van der Waals surface area contributed by atoms with E-state index in [1.807, 2.05) is 24.3 Å². The summed E-state index contributed by atoms with van der Waals surface area (Å²) in [5.41, 5.74) is 0.966.